The quantitative estimate of drug-likeness (QED) is 0.779. The Morgan fingerprint density at radius 1 is 1.15 bits per heavy atom. The zero-order valence-corrected chi connectivity index (χ0v) is 15.0. The van der Waals surface area contributed by atoms with Crippen LogP contribution in [0.25, 0.3) is 0 Å². The lowest BCUT2D eigenvalue weighted by atomic mass is 9.80. The summed E-state index contributed by atoms with van der Waals surface area (Å²) in [5.41, 5.74) is 1.59. The molecule has 4 nitrogen and oxygen atoms in total. The van der Waals surface area contributed by atoms with E-state index in [4.69, 9.17) is 10.00 Å². The number of ketones is 1. The zero-order chi connectivity index (χ0) is 18.8. The van der Waals surface area contributed by atoms with Gasteiger partial charge in [-0.2, -0.15) is 5.26 Å². The van der Waals surface area contributed by atoms with Crippen LogP contribution in [-0.4, -0.2) is 36.0 Å². The summed E-state index contributed by atoms with van der Waals surface area (Å²) in [6, 6.07) is 16.5. The Labute approximate surface area is 158 Å². The minimum atomic E-state index is -0.549. The van der Waals surface area contributed by atoms with Gasteiger partial charge in [-0.05, 0) is 36.6 Å². The lowest BCUT2D eigenvalue weighted by Gasteiger charge is -2.48. The fourth-order valence-electron chi connectivity index (χ4n) is 4.26. The summed E-state index contributed by atoms with van der Waals surface area (Å²) in [7, 11) is 0. The van der Waals surface area contributed by atoms with Crippen LogP contribution in [0.3, 0.4) is 0 Å². The minimum Gasteiger partial charge on any atom is -0.378 e. The van der Waals surface area contributed by atoms with Gasteiger partial charge in [0.2, 0.25) is 0 Å². The Bertz CT molecular complexity index is 864. The molecule has 0 aromatic heterocycles. The number of nitrogens with zero attached hydrogens (tertiary/aromatic N) is 2. The van der Waals surface area contributed by atoms with E-state index in [1.807, 2.05) is 24.3 Å². The Hall–Kier alpha value is -2.55. The van der Waals surface area contributed by atoms with E-state index in [1.165, 1.54) is 23.8 Å². The van der Waals surface area contributed by atoms with Gasteiger partial charge in [0.15, 0.2) is 5.78 Å². The van der Waals surface area contributed by atoms with E-state index >= 15 is 0 Å². The molecule has 2 aliphatic rings. The standard InChI is InChI=1S/C22H21FN2O2/c23-21-7-6-16(11-24)8-20(21)22(26)17-9-18-13-27-14-19(10-17)25(18)12-15-4-2-1-3-5-15/h1-8,17-19H,9-10,12-14H2. The second kappa shape index (κ2) is 7.59. The normalized spacial score (nSPS) is 25.0. The van der Waals surface area contributed by atoms with Gasteiger partial charge < -0.3 is 4.74 Å². The van der Waals surface area contributed by atoms with Crippen LogP contribution in [0.15, 0.2) is 48.5 Å². The van der Waals surface area contributed by atoms with Crippen LogP contribution in [0.5, 0.6) is 0 Å². The van der Waals surface area contributed by atoms with Crippen molar-refractivity contribution in [2.45, 2.75) is 31.5 Å². The topological polar surface area (TPSA) is 53.3 Å². The van der Waals surface area contributed by atoms with E-state index in [2.05, 4.69) is 17.0 Å². The number of piperidine rings is 1. The Morgan fingerprint density at radius 2 is 1.85 bits per heavy atom. The number of ether oxygens (including phenoxy) is 1. The van der Waals surface area contributed by atoms with Crippen LogP contribution in [0.4, 0.5) is 4.39 Å². The monoisotopic (exact) mass is 364 g/mol. The maximum atomic E-state index is 14.2. The van der Waals surface area contributed by atoms with Crippen molar-refractivity contribution in [3.8, 4) is 6.07 Å². The SMILES string of the molecule is N#Cc1ccc(F)c(C(=O)C2CC3COCC(C2)N3Cc2ccccc2)c1. The third-order valence-electron chi connectivity index (χ3n) is 5.61. The van der Waals surface area contributed by atoms with Gasteiger partial charge >= 0.3 is 0 Å². The van der Waals surface area contributed by atoms with E-state index in [9.17, 15) is 9.18 Å². The molecule has 0 spiro atoms. The third kappa shape index (κ3) is 3.64. The van der Waals surface area contributed by atoms with E-state index in [1.54, 1.807) is 0 Å². The molecule has 2 aliphatic heterocycles. The van der Waals surface area contributed by atoms with Crippen molar-refractivity contribution < 1.29 is 13.9 Å². The number of benzene rings is 2. The van der Waals surface area contributed by atoms with Crippen molar-refractivity contribution in [3.05, 3.63) is 71.0 Å². The highest BCUT2D eigenvalue weighted by molar-refractivity contribution is 5.98. The summed E-state index contributed by atoms with van der Waals surface area (Å²) in [6.45, 7) is 2.01. The molecule has 138 valence electrons. The van der Waals surface area contributed by atoms with Crippen LogP contribution in [0.1, 0.15) is 34.3 Å². The van der Waals surface area contributed by atoms with Gasteiger partial charge in [0, 0.05) is 24.5 Å². The molecule has 2 fully saturated rings. The lowest BCUT2D eigenvalue weighted by Crippen LogP contribution is -2.57. The molecule has 2 saturated heterocycles. The highest BCUT2D eigenvalue weighted by Gasteiger charge is 2.41. The fourth-order valence-corrected chi connectivity index (χ4v) is 4.26. The summed E-state index contributed by atoms with van der Waals surface area (Å²) in [4.78, 5) is 15.4. The summed E-state index contributed by atoms with van der Waals surface area (Å²) in [6.07, 6.45) is 1.30. The van der Waals surface area contributed by atoms with Crippen LogP contribution < -0.4 is 0 Å². The molecule has 2 unspecified atom stereocenters. The molecule has 0 radical (unpaired) electrons. The van der Waals surface area contributed by atoms with E-state index in [0.717, 1.165) is 6.54 Å². The lowest BCUT2D eigenvalue weighted by molar-refractivity contribution is -0.0873. The number of carbonyl (C=O) groups excluding carboxylic acids is 1. The van der Waals surface area contributed by atoms with Gasteiger partial charge in [-0.3, -0.25) is 9.69 Å². The number of nitriles is 1. The Kier molecular flexibility index (Phi) is 5.02. The highest BCUT2D eigenvalue weighted by Crippen LogP contribution is 2.35. The molecule has 2 atom stereocenters. The molecule has 2 aromatic rings. The van der Waals surface area contributed by atoms with E-state index in [-0.39, 0.29) is 29.3 Å². The second-order valence-corrected chi connectivity index (χ2v) is 7.34. The van der Waals surface area contributed by atoms with Crippen molar-refractivity contribution in [2.24, 2.45) is 5.92 Å². The predicted molar refractivity (Wildman–Crippen MR) is 98.5 cm³/mol. The molecule has 2 bridgehead atoms. The number of hydrogen-bond donors (Lipinski definition) is 0. The summed E-state index contributed by atoms with van der Waals surface area (Å²) >= 11 is 0. The molecule has 2 aromatic carbocycles. The van der Waals surface area contributed by atoms with Crippen LogP contribution in [-0.2, 0) is 11.3 Å². The van der Waals surface area contributed by atoms with Crippen molar-refractivity contribution in [3.63, 3.8) is 0 Å². The number of morpholine rings is 1. The second-order valence-electron chi connectivity index (χ2n) is 7.34. The molecule has 27 heavy (non-hydrogen) atoms. The van der Waals surface area contributed by atoms with Gasteiger partial charge in [-0.1, -0.05) is 30.3 Å². The number of hydrogen-bond acceptors (Lipinski definition) is 4. The summed E-state index contributed by atoms with van der Waals surface area (Å²) in [5.74, 6) is -0.979. The first-order valence-corrected chi connectivity index (χ1v) is 9.27. The van der Waals surface area contributed by atoms with Gasteiger partial charge in [-0.25, -0.2) is 4.39 Å². The molecule has 0 saturated carbocycles. The first kappa shape index (κ1) is 17.8. The van der Waals surface area contributed by atoms with Gasteiger partial charge in [0.25, 0.3) is 0 Å². The maximum absolute atomic E-state index is 14.2. The molecule has 0 aliphatic carbocycles. The van der Waals surface area contributed by atoms with Crippen LogP contribution in [0.2, 0.25) is 0 Å². The number of carbonyl (C=O) groups is 1. The average molecular weight is 364 g/mol. The van der Waals surface area contributed by atoms with Crippen LogP contribution >= 0.6 is 0 Å². The number of Topliss-reactive ketones (excluding diaryl/α,β-unsaturated/α-hetero) is 1. The van der Waals surface area contributed by atoms with Gasteiger partial charge in [0.1, 0.15) is 5.82 Å². The van der Waals surface area contributed by atoms with E-state index < -0.39 is 5.82 Å². The Balaban J connectivity index is 1.53. The molecule has 5 heteroatoms. The maximum Gasteiger partial charge on any atom is 0.169 e. The average Bonchev–Trinajstić information content (AvgIpc) is 2.68. The van der Waals surface area contributed by atoms with Crippen molar-refractivity contribution in [1.29, 1.82) is 5.26 Å². The third-order valence-corrected chi connectivity index (χ3v) is 5.61. The van der Waals surface area contributed by atoms with Crippen molar-refractivity contribution in [2.75, 3.05) is 13.2 Å². The smallest absolute Gasteiger partial charge is 0.169 e. The molecule has 0 amide bonds. The van der Waals surface area contributed by atoms with Crippen molar-refractivity contribution >= 4 is 5.78 Å². The summed E-state index contributed by atoms with van der Waals surface area (Å²) < 4.78 is 19.9. The molecular weight excluding hydrogens is 343 g/mol. The summed E-state index contributed by atoms with van der Waals surface area (Å²) in [5, 5.41) is 9.04. The largest absolute Gasteiger partial charge is 0.378 e. The molecule has 2 heterocycles. The molecule has 0 N–H and O–H groups in total. The Morgan fingerprint density at radius 3 is 2.52 bits per heavy atom. The van der Waals surface area contributed by atoms with E-state index in [0.29, 0.717) is 31.6 Å². The number of rotatable bonds is 4. The molecule has 4 rings (SSSR count). The zero-order valence-electron chi connectivity index (χ0n) is 15.0. The predicted octanol–water partition coefficient (Wildman–Crippen LogP) is 3.56. The minimum absolute atomic E-state index is 0.0366. The van der Waals surface area contributed by atoms with Gasteiger partial charge in [0.05, 0.1) is 30.4 Å². The first-order valence-electron chi connectivity index (χ1n) is 9.27. The molecular formula is C22H21FN2O2. The highest BCUT2D eigenvalue weighted by atomic mass is 19.1. The number of fused-ring (bicyclic) bond motifs is 2. The fraction of sp³-hybridized carbons (Fsp3) is 0.364. The van der Waals surface area contributed by atoms with Gasteiger partial charge in [-0.15, -0.1) is 0 Å². The first-order chi connectivity index (χ1) is 13.2. The van der Waals surface area contributed by atoms with Crippen LogP contribution in [0, 0.1) is 23.1 Å². The number of halogens is 1. The van der Waals surface area contributed by atoms with Crippen molar-refractivity contribution in [1.82, 2.24) is 4.90 Å².